The van der Waals surface area contributed by atoms with Crippen LogP contribution in [0.15, 0.2) is 42.5 Å². The summed E-state index contributed by atoms with van der Waals surface area (Å²) < 4.78 is 12.0. The Morgan fingerprint density at radius 3 is 2.51 bits per heavy atom. The maximum Gasteiger partial charge on any atom is 0.313 e. The van der Waals surface area contributed by atoms with Crippen LogP contribution in [0.2, 0.25) is 0 Å². The van der Waals surface area contributed by atoms with E-state index in [-0.39, 0.29) is 35.9 Å². The van der Waals surface area contributed by atoms with Crippen LogP contribution in [0.25, 0.3) is 5.70 Å². The summed E-state index contributed by atoms with van der Waals surface area (Å²) in [5.74, 6) is -0.601. The number of ketones is 2. The number of esters is 1. The van der Waals surface area contributed by atoms with Gasteiger partial charge >= 0.3 is 5.97 Å². The summed E-state index contributed by atoms with van der Waals surface area (Å²) in [4.78, 5) is 47.8. The fourth-order valence-electron chi connectivity index (χ4n) is 3.93. The van der Waals surface area contributed by atoms with Gasteiger partial charge in [-0.15, -0.1) is 5.10 Å². The van der Waals surface area contributed by atoms with Crippen LogP contribution in [-0.4, -0.2) is 58.2 Å². The van der Waals surface area contributed by atoms with Crippen molar-refractivity contribution in [2.45, 2.75) is 51.5 Å². The fourth-order valence-corrected chi connectivity index (χ4v) is 3.93. The number of ether oxygens (including phenoxy) is 2. The van der Waals surface area contributed by atoms with Crippen molar-refractivity contribution in [3.63, 3.8) is 0 Å². The third-order valence-electron chi connectivity index (χ3n) is 6.27. The van der Waals surface area contributed by atoms with E-state index in [4.69, 9.17) is 4.74 Å². The second-order valence-corrected chi connectivity index (χ2v) is 9.14. The molecule has 1 unspecified atom stereocenters. The molecular weight excluding hydrogens is 476 g/mol. The van der Waals surface area contributed by atoms with Gasteiger partial charge < -0.3 is 14.8 Å². The zero-order valence-electron chi connectivity index (χ0n) is 20.9. The lowest BCUT2D eigenvalue weighted by Gasteiger charge is -2.15. The molecule has 0 saturated heterocycles. The van der Waals surface area contributed by atoms with Gasteiger partial charge in [-0.2, -0.15) is 0 Å². The minimum absolute atomic E-state index is 0.105. The summed E-state index contributed by atoms with van der Waals surface area (Å²) >= 11 is 0. The van der Waals surface area contributed by atoms with Gasteiger partial charge in [-0.25, -0.2) is 4.68 Å². The Hall–Kier alpha value is -4.08. The fraction of sp³-hybridized carbons (Fsp3) is 0.407. The molecule has 0 radical (unpaired) electrons. The van der Waals surface area contributed by atoms with Crippen molar-refractivity contribution >= 4 is 29.1 Å². The van der Waals surface area contributed by atoms with Crippen LogP contribution in [0.4, 0.5) is 0 Å². The van der Waals surface area contributed by atoms with Crippen molar-refractivity contribution in [2.24, 2.45) is 5.92 Å². The first kappa shape index (κ1) is 26.0. The molecule has 0 spiro atoms. The average molecular weight is 507 g/mol. The van der Waals surface area contributed by atoms with Gasteiger partial charge in [-0.05, 0) is 69.4 Å². The predicted octanol–water partition coefficient (Wildman–Crippen LogP) is 2.93. The van der Waals surface area contributed by atoms with E-state index in [1.807, 2.05) is 18.2 Å². The summed E-state index contributed by atoms with van der Waals surface area (Å²) in [6.45, 7) is 1.94. The van der Waals surface area contributed by atoms with Gasteiger partial charge in [0.1, 0.15) is 18.0 Å². The van der Waals surface area contributed by atoms with Gasteiger partial charge in [0.25, 0.3) is 5.91 Å². The molecule has 37 heavy (non-hydrogen) atoms. The summed E-state index contributed by atoms with van der Waals surface area (Å²) in [6, 6.07) is 6.76. The zero-order valence-corrected chi connectivity index (χ0v) is 20.9. The van der Waals surface area contributed by atoms with E-state index in [0.717, 1.165) is 18.5 Å². The molecule has 194 valence electrons. The third kappa shape index (κ3) is 6.78. The number of benzene rings is 1. The number of aromatic nitrogens is 3. The smallest absolute Gasteiger partial charge is 0.313 e. The topological polar surface area (TPSA) is 129 Å². The molecule has 2 aliphatic rings. The van der Waals surface area contributed by atoms with Crippen LogP contribution in [0, 0.1) is 5.92 Å². The minimum Gasteiger partial charge on any atom is -0.494 e. The average Bonchev–Trinajstić information content (AvgIpc) is 3.62. The molecule has 2 aliphatic carbocycles. The molecule has 10 nitrogen and oxygen atoms in total. The van der Waals surface area contributed by atoms with Gasteiger partial charge in [0.15, 0.2) is 11.5 Å². The van der Waals surface area contributed by atoms with Crippen molar-refractivity contribution in [3.05, 3.63) is 59.4 Å². The lowest BCUT2D eigenvalue weighted by atomic mass is 9.96. The van der Waals surface area contributed by atoms with Crippen molar-refractivity contribution in [2.75, 3.05) is 13.7 Å². The van der Waals surface area contributed by atoms with E-state index in [0.29, 0.717) is 48.6 Å². The second kappa shape index (κ2) is 11.8. The standard InChI is InChI=1S/C27H30N4O6/c1-17(32)18-5-11-21(12-6-18)31-23(26(29-30-31)27(35)28-20-9-10-20)4-3-15-37-22-13-7-19(8-14-22)24(33)16-25(34)36-2/h5,7-8,11-14,18,20H,3-4,6,9-10,15-16H2,1-2H3,(H,28,35). The number of amides is 1. The Kier molecular flexibility index (Phi) is 8.27. The van der Waals surface area contributed by atoms with Crippen LogP contribution >= 0.6 is 0 Å². The number of nitrogens with one attached hydrogen (secondary N) is 1. The number of rotatable bonds is 12. The van der Waals surface area contributed by atoms with E-state index in [9.17, 15) is 19.2 Å². The van der Waals surface area contributed by atoms with Crippen molar-refractivity contribution < 1.29 is 28.7 Å². The highest BCUT2D eigenvalue weighted by Crippen LogP contribution is 2.24. The van der Waals surface area contributed by atoms with Crippen LogP contribution in [0.3, 0.4) is 0 Å². The van der Waals surface area contributed by atoms with Crippen molar-refractivity contribution in [3.8, 4) is 5.75 Å². The first-order valence-electron chi connectivity index (χ1n) is 12.3. The molecule has 1 atom stereocenters. The molecule has 4 rings (SSSR count). The molecule has 0 aliphatic heterocycles. The van der Waals surface area contributed by atoms with E-state index in [1.54, 1.807) is 35.9 Å². The molecule has 1 saturated carbocycles. The Balaban J connectivity index is 1.39. The predicted molar refractivity (Wildman–Crippen MR) is 134 cm³/mol. The maximum absolute atomic E-state index is 12.8. The van der Waals surface area contributed by atoms with Gasteiger partial charge in [-0.3, -0.25) is 19.2 Å². The molecule has 1 N–H and O–H groups in total. The normalized spacial score (nSPS) is 16.6. The molecule has 1 heterocycles. The van der Waals surface area contributed by atoms with Crippen LogP contribution < -0.4 is 10.1 Å². The quantitative estimate of drug-likeness (QED) is 0.201. The second-order valence-electron chi connectivity index (χ2n) is 9.14. The number of hydrogen-bond donors (Lipinski definition) is 1. The minimum atomic E-state index is -0.581. The number of methoxy groups -OCH3 is 1. The number of nitrogens with zero attached hydrogens (tertiary/aromatic N) is 3. The van der Waals surface area contributed by atoms with Crippen LogP contribution in [-0.2, 0) is 20.7 Å². The SMILES string of the molecule is COC(=O)CC(=O)c1ccc(OCCCc2c(C(=O)NC3CC3)nnn2C2=CCC(C(C)=O)C=C2)cc1. The summed E-state index contributed by atoms with van der Waals surface area (Å²) in [6.07, 6.45) is 8.93. The van der Waals surface area contributed by atoms with E-state index in [1.165, 1.54) is 7.11 Å². The maximum atomic E-state index is 12.8. The first-order valence-corrected chi connectivity index (χ1v) is 12.3. The van der Waals surface area contributed by atoms with Crippen molar-refractivity contribution in [1.82, 2.24) is 20.3 Å². The molecule has 10 heteroatoms. The Labute approximate surface area is 214 Å². The molecule has 1 fully saturated rings. The Morgan fingerprint density at radius 1 is 1.14 bits per heavy atom. The van der Waals surface area contributed by atoms with Crippen molar-refractivity contribution in [1.29, 1.82) is 0 Å². The van der Waals surface area contributed by atoms with Crippen LogP contribution in [0.5, 0.6) is 5.75 Å². The highest BCUT2D eigenvalue weighted by atomic mass is 16.5. The lowest BCUT2D eigenvalue weighted by Crippen LogP contribution is -2.27. The highest BCUT2D eigenvalue weighted by Gasteiger charge is 2.28. The van der Waals surface area contributed by atoms with Crippen LogP contribution in [0.1, 0.15) is 65.6 Å². The summed E-state index contributed by atoms with van der Waals surface area (Å²) in [5.41, 5.74) is 2.16. The molecule has 2 aromatic rings. The molecule has 1 aromatic carbocycles. The van der Waals surface area contributed by atoms with Gasteiger partial charge in [0.2, 0.25) is 0 Å². The van der Waals surface area contributed by atoms with Gasteiger partial charge in [0, 0.05) is 17.5 Å². The number of carbonyl (C=O) groups is 4. The Morgan fingerprint density at radius 2 is 1.89 bits per heavy atom. The largest absolute Gasteiger partial charge is 0.494 e. The lowest BCUT2D eigenvalue weighted by molar-refractivity contribution is -0.139. The van der Waals surface area contributed by atoms with Gasteiger partial charge in [-0.1, -0.05) is 17.4 Å². The monoisotopic (exact) mass is 506 g/mol. The highest BCUT2D eigenvalue weighted by molar-refractivity contribution is 6.05. The molecular formula is C27H30N4O6. The third-order valence-corrected chi connectivity index (χ3v) is 6.27. The Bertz CT molecular complexity index is 1240. The number of allylic oxidation sites excluding steroid dienone is 4. The van der Waals surface area contributed by atoms with E-state index in [2.05, 4.69) is 20.4 Å². The first-order chi connectivity index (χ1) is 17.9. The zero-order chi connectivity index (χ0) is 26.4. The number of Topliss-reactive ketones (excluding diaryl/α,β-unsaturated/α-hetero) is 2. The number of hydrogen-bond acceptors (Lipinski definition) is 8. The number of carbonyl (C=O) groups excluding carboxylic acids is 4. The summed E-state index contributed by atoms with van der Waals surface area (Å²) in [5, 5.41) is 11.4. The summed E-state index contributed by atoms with van der Waals surface area (Å²) in [7, 11) is 1.24. The molecule has 1 aromatic heterocycles. The van der Waals surface area contributed by atoms with E-state index >= 15 is 0 Å². The van der Waals surface area contributed by atoms with Gasteiger partial charge in [0.05, 0.1) is 25.1 Å². The molecule has 1 amide bonds. The molecule has 0 bridgehead atoms. The van der Waals surface area contributed by atoms with E-state index < -0.39 is 5.97 Å².